The molecular formula is C16H26N3O+. The minimum atomic E-state index is 0.938. The number of quaternary nitrogens is 1. The van der Waals surface area contributed by atoms with Crippen LogP contribution in [0.4, 0.5) is 5.69 Å². The number of piperazine rings is 2. The quantitative estimate of drug-likeness (QED) is 0.757. The molecule has 0 bridgehead atoms. The van der Waals surface area contributed by atoms with Gasteiger partial charge in [-0.05, 0) is 31.3 Å². The van der Waals surface area contributed by atoms with Crippen molar-refractivity contribution in [1.29, 1.82) is 0 Å². The van der Waals surface area contributed by atoms with Crippen molar-refractivity contribution in [3.05, 3.63) is 24.3 Å². The Balaban J connectivity index is 1.60. The second-order valence-corrected chi connectivity index (χ2v) is 6.22. The summed E-state index contributed by atoms with van der Waals surface area (Å²) in [6.07, 6.45) is 0. The van der Waals surface area contributed by atoms with E-state index in [0.717, 1.165) is 5.75 Å². The fourth-order valence-corrected chi connectivity index (χ4v) is 3.38. The first kappa shape index (κ1) is 13.7. The summed E-state index contributed by atoms with van der Waals surface area (Å²) in [6.45, 7) is 10.1. The zero-order chi connectivity index (χ0) is 14.0. The molecule has 110 valence electrons. The molecule has 2 heterocycles. The van der Waals surface area contributed by atoms with Crippen molar-refractivity contribution in [2.24, 2.45) is 0 Å². The van der Waals surface area contributed by atoms with Crippen molar-refractivity contribution in [2.45, 2.75) is 0 Å². The molecule has 0 radical (unpaired) electrons. The number of benzene rings is 1. The Morgan fingerprint density at radius 3 is 2.00 bits per heavy atom. The normalized spacial score (nSPS) is 23.0. The molecule has 0 saturated carbocycles. The van der Waals surface area contributed by atoms with Gasteiger partial charge in [-0.2, -0.15) is 0 Å². The highest BCUT2D eigenvalue weighted by Gasteiger charge is 2.35. The van der Waals surface area contributed by atoms with E-state index in [1.165, 1.54) is 62.5 Å². The second-order valence-electron chi connectivity index (χ2n) is 6.22. The maximum atomic E-state index is 5.23. The molecule has 1 aromatic carbocycles. The van der Waals surface area contributed by atoms with Gasteiger partial charge in [-0.3, -0.25) is 4.90 Å². The summed E-state index contributed by atoms with van der Waals surface area (Å²) in [4.78, 5) is 4.97. The fraction of sp³-hybridized carbons (Fsp3) is 0.625. The monoisotopic (exact) mass is 276 g/mol. The fourth-order valence-electron chi connectivity index (χ4n) is 3.38. The van der Waals surface area contributed by atoms with Gasteiger partial charge in [0.25, 0.3) is 0 Å². The predicted octanol–water partition coefficient (Wildman–Crippen LogP) is 1.28. The van der Waals surface area contributed by atoms with Gasteiger partial charge in [-0.15, -0.1) is 0 Å². The number of hydrogen-bond acceptors (Lipinski definition) is 3. The summed E-state index contributed by atoms with van der Waals surface area (Å²) >= 11 is 0. The molecule has 0 N–H and O–H groups in total. The Morgan fingerprint density at radius 1 is 0.900 bits per heavy atom. The lowest BCUT2D eigenvalue weighted by Crippen LogP contribution is -2.65. The van der Waals surface area contributed by atoms with Crippen LogP contribution in [0.1, 0.15) is 0 Å². The molecule has 0 aliphatic carbocycles. The summed E-state index contributed by atoms with van der Waals surface area (Å²) in [5.41, 5.74) is 1.33. The number of anilines is 1. The Hall–Kier alpha value is -1.26. The van der Waals surface area contributed by atoms with Gasteiger partial charge < -0.3 is 14.1 Å². The molecular weight excluding hydrogens is 250 g/mol. The summed E-state index contributed by atoms with van der Waals surface area (Å²) in [7, 11) is 3.96. The maximum absolute atomic E-state index is 5.23. The highest BCUT2D eigenvalue weighted by atomic mass is 16.5. The van der Waals surface area contributed by atoms with Crippen LogP contribution < -0.4 is 9.64 Å². The molecule has 1 aromatic rings. The smallest absolute Gasteiger partial charge is 0.119 e. The average Bonchev–Trinajstić information content (AvgIpc) is 2.52. The van der Waals surface area contributed by atoms with Crippen LogP contribution in [0.25, 0.3) is 0 Å². The molecule has 0 atom stereocenters. The SMILES string of the molecule is COc1ccc(N2CC[N+]3(CCN(C)CC3)CC2)cc1. The molecule has 4 heteroatoms. The standard InChI is InChI=1S/C16H26N3O/c1-17-7-11-19(12-8-17)13-9-18(10-14-19)15-3-5-16(20-2)6-4-15/h3-6H,7-14H2,1-2H3/q+1. The highest BCUT2D eigenvalue weighted by Crippen LogP contribution is 2.23. The van der Waals surface area contributed by atoms with Crippen molar-refractivity contribution in [3.8, 4) is 5.75 Å². The van der Waals surface area contributed by atoms with Gasteiger partial charge in [0.15, 0.2) is 0 Å². The van der Waals surface area contributed by atoms with Gasteiger partial charge in [-0.25, -0.2) is 0 Å². The highest BCUT2D eigenvalue weighted by molar-refractivity contribution is 5.49. The van der Waals surface area contributed by atoms with E-state index < -0.39 is 0 Å². The topological polar surface area (TPSA) is 15.7 Å². The van der Waals surface area contributed by atoms with Crippen LogP contribution >= 0.6 is 0 Å². The minimum absolute atomic E-state index is 0.938. The van der Waals surface area contributed by atoms with E-state index in [9.17, 15) is 0 Å². The predicted molar refractivity (Wildman–Crippen MR) is 82.4 cm³/mol. The van der Waals surface area contributed by atoms with E-state index in [1.807, 2.05) is 0 Å². The molecule has 4 nitrogen and oxygen atoms in total. The largest absolute Gasteiger partial charge is 0.497 e. The van der Waals surface area contributed by atoms with Crippen LogP contribution in [0.3, 0.4) is 0 Å². The number of nitrogens with zero attached hydrogens (tertiary/aromatic N) is 3. The van der Waals surface area contributed by atoms with Crippen molar-refractivity contribution >= 4 is 5.69 Å². The molecule has 0 amide bonds. The van der Waals surface area contributed by atoms with Crippen LogP contribution in [-0.2, 0) is 0 Å². The van der Waals surface area contributed by atoms with Crippen LogP contribution in [0.15, 0.2) is 24.3 Å². The first-order valence-electron chi connectivity index (χ1n) is 7.63. The summed E-state index contributed by atoms with van der Waals surface area (Å²) in [5.74, 6) is 0.938. The van der Waals surface area contributed by atoms with E-state index >= 15 is 0 Å². The van der Waals surface area contributed by atoms with Crippen molar-refractivity contribution in [1.82, 2.24) is 4.90 Å². The van der Waals surface area contributed by atoms with Crippen LogP contribution in [-0.4, -0.2) is 75.9 Å². The molecule has 0 unspecified atom stereocenters. The van der Waals surface area contributed by atoms with E-state index in [0.29, 0.717) is 0 Å². The first-order chi connectivity index (χ1) is 9.71. The van der Waals surface area contributed by atoms with E-state index in [-0.39, 0.29) is 0 Å². The van der Waals surface area contributed by atoms with Gasteiger partial charge in [-0.1, -0.05) is 0 Å². The van der Waals surface area contributed by atoms with Crippen LogP contribution in [0.5, 0.6) is 5.75 Å². The molecule has 0 aromatic heterocycles. The number of ether oxygens (including phenoxy) is 1. The van der Waals surface area contributed by atoms with Gasteiger partial charge in [0.1, 0.15) is 5.75 Å². The van der Waals surface area contributed by atoms with Crippen LogP contribution in [0, 0.1) is 0 Å². The van der Waals surface area contributed by atoms with E-state index in [1.54, 1.807) is 7.11 Å². The Morgan fingerprint density at radius 2 is 1.45 bits per heavy atom. The molecule has 2 saturated heterocycles. The number of methoxy groups -OCH3 is 1. The molecule has 2 fully saturated rings. The maximum Gasteiger partial charge on any atom is 0.119 e. The number of rotatable bonds is 2. The lowest BCUT2D eigenvalue weighted by Gasteiger charge is -2.49. The lowest BCUT2D eigenvalue weighted by molar-refractivity contribution is -0.932. The molecule has 1 spiro atoms. The summed E-state index contributed by atoms with van der Waals surface area (Å²) < 4.78 is 6.56. The number of hydrogen-bond donors (Lipinski definition) is 0. The van der Waals surface area contributed by atoms with Crippen molar-refractivity contribution in [2.75, 3.05) is 71.4 Å². The number of likely N-dealkylation sites (N-methyl/N-ethyl adjacent to an activating group) is 1. The van der Waals surface area contributed by atoms with Crippen molar-refractivity contribution in [3.63, 3.8) is 0 Å². The zero-order valence-electron chi connectivity index (χ0n) is 12.7. The molecule has 2 aliphatic rings. The summed E-state index contributed by atoms with van der Waals surface area (Å²) in [5, 5.41) is 0. The lowest BCUT2D eigenvalue weighted by atomic mass is 10.1. The van der Waals surface area contributed by atoms with Crippen molar-refractivity contribution < 1.29 is 9.22 Å². The molecule has 2 aliphatic heterocycles. The van der Waals surface area contributed by atoms with Crippen LogP contribution in [0.2, 0.25) is 0 Å². The van der Waals surface area contributed by atoms with E-state index in [2.05, 4.69) is 41.1 Å². The molecule has 3 rings (SSSR count). The second kappa shape index (κ2) is 5.62. The van der Waals surface area contributed by atoms with Gasteiger partial charge in [0.2, 0.25) is 0 Å². The summed E-state index contributed by atoms with van der Waals surface area (Å²) in [6, 6.07) is 8.48. The Labute approximate surface area is 122 Å². The minimum Gasteiger partial charge on any atom is -0.497 e. The Bertz CT molecular complexity index is 428. The zero-order valence-corrected chi connectivity index (χ0v) is 12.7. The average molecular weight is 276 g/mol. The van der Waals surface area contributed by atoms with Gasteiger partial charge >= 0.3 is 0 Å². The third kappa shape index (κ3) is 2.76. The first-order valence-corrected chi connectivity index (χ1v) is 7.63. The van der Waals surface area contributed by atoms with Gasteiger partial charge in [0, 0.05) is 18.8 Å². The third-order valence-electron chi connectivity index (χ3n) is 5.04. The third-order valence-corrected chi connectivity index (χ3v) is 5.04. The Kier molecular flexibility index (Phi) is 3.85. The van der Waals surface area contributed by atoms with E-state index in [4.69, 9.17) is 4.74 Å². The molecule has 20 heavy (non-hydrogen) atoms. The van der Waals surface area contributed by atoms with Gasteiger partial charge in [0.05, 0.1) is 46.4 Å².